The first-order valence-electron chi connectivity index (χ1n) is 16.0. The van der Waals surface area contributed by atoms with Gasteiger partial charge in [-0.25, -0.2) is 14.6 Å². The molecule has 0 radical (unpaired) electrons. The van der Waals surface area contributed by atoms with Crippen molar-refractivity contribution < 1.29 is 23.8 Å². The molecule has 0 fully saturated rings. The summed E-state index contributed by atoms with van der Waals surface area (Å²) in [6.45, 7) is 4.27. The van der Waals surface area contributed by atoms with Gasteiger partial charge in [-0.15, -0.1) is 11.8 Å². The highest BCUT2D eigenvalue weighted by atomic mass is 127. The van der Waals surface area contributed by atoms with E-state index in [9.17, 15) is 14.4 Å². The summed E-state index contributed by atoms with van der Waals surface area (Å²) in [7, 11) is 0. The van der Waals surface area contributed by atoms with Crippen LogP contribution in [0.25, 0.3) is 11.8 Å². The Hall–Kier alpha value is -3.73. The first-order chi connectivity index (χ1) is 24.7. The SMILES string of the molecule is CCOC(=O)C1=C(c2ccccc2)N=c2s/c(=C\c3cc(I)cc(I)c3OCc3ccc(C(=O)OCC)cc3)c(=O)n2[C@@H]1c1ccc(SC)cc1. The fourth-order valence-electron chi connectivity index (χ4n) is 5.63. The Morgan fingerprint density at radius 1 is 0.922 bits per heavy atom. The van der Waals surface area contributed by atoms with Crippen molar-refractivity contribution in [3.63, 3.8) is 0 Å². The van der Waals surface area contributed by atoms with Crippen molar-refractivity contribution in [1.82, 2.24) is 4.57 Å². The van der Waals surface area contributed by atoms with Gasteiger partial charge in [0.1, 0.15) is 12.4 Å². The van der Waals surface area contributed by atoms with Crippen molar-refractivity contribution in [1.29, 1.82) is 0 Å². The number of fused-ring (bicyclic) bond motifs is 1. The lowest BCUT2D eigenvalue weighted by atomic mass is 9.93. The van der Waals surface area contributed by atoms with E-state index in [-0.39, 0.29) is 24.7 Å². The Labute approximate surface area is 330 Å². The summed E-state index contributed by atoms with van der Waals surface area (Å²) < 4.78 is 21.0. The maximum atomic E-state index is 14.5. The zero-order valence-corrected chi connectivity index (χ0v) is 33.8. The van der Waals surface area contributed by atoms with Gasteiger partial charge in [0.2, 0.25) is 0 Å². The smallest absolute Gasteiger partial charge is 0.338 e. The highest BCUT2D eigenvalue weighted by Gasteiger charge is 2.35. The largest absolute Gasteiger partial charge is 0.487 e. The lowest BCUT2D eigenvalue weighted by Gasteiger charge is -2.26. The number of carbonyl (C=O) groups excluding carboxylic acids is 2. The van der Waals surface area contributed by atoms with E-state index >= 15 is 0 Å². The number of benzene rings is 4. The molecule has 12 heteroatoms. The monoisotopic (exact) mass is 942 g/mol. The van der Waals surface area contributed by atoms with Crippen LogP contribution in [0.1, 0.15) is 52.5 Å². The zero-order chi connectivity index (χ0) is 36.1. The second kappa shape index (κ2) is 16.7. The normalized spacial score (nSPS) is 14.1. The molecule has 5 aromatic rings. The standard InChI is InChI=1S/C39H32I2N2O6S2/c1-4-47-37(45)26-13-11-23(12-14-26)22-49-35-27(19-28(40)21-30(35)41)20-31-36(44)43-34(25-15-17-29(50-3)18-16-25)32(38(46)48-5-2)33(42-39(43)51-31)24-9-7-6-8-10-24/h6-21,34H,4-5,22H2,1-3H3/b31-20-/t34-/m1/s1. The first-order valence-corrected chi connectivity index (χ1v) is 20.2. The maximum absolute atomic E-state index is 14.5. The van der Waals surface area contributed by atoms with Crippen LogP contribution in [0.15, 0.2) is 111 Å². The van der Waals surface area contributed by atoms with E-state index in [4.69, 9.17) is 19.2 Å². The van der Waals surface area contributed by atoms with Crippen LogP contribution in [0.2, 0.25) is 0 Å². The van der Waals surface area contributed by atoms with Gasteiger partial charge in [0.25, 0.3) is 5.56 Å². The Bertz CT molecular complexity index is 2300. The van der Waals surface area contributed by atoms with Gasteiger partial charge >= 0.3 is 11.9 Å². The van der Waals surface area contributed by atoms with Gasteiger partial charge in [-0.05, 0) is 119 Å². The lowest BCUT2D eigenvalue weighted by molar-refractivity contribution is -0.138. The minimum absolute atomic E-state index is 0.177. The van der Waals surface area contributed by atoms with E-state index in [0.717, 1.165) is 34.3 Å². The molecule has 4 aromatic carbocycles. The molecule has 1 aromatic heterocycles. The molecule has 1 aliphatic heterocycles. The van der Waals surface area contributed by atoms with Crippen LogP contribution in [0.3, 0.4) is 0 Å². The molecule has 0 unspecified atom stereocenters. The Morgan fingerprint density at radius 2 is 1.61 bits per heavy atom. The molecule has 51 heavy (non-hydrogen) atoms. The lowest BCUT2D eigenvalue weighted by Crippen LogP contribution is -2.40. The molecule has 0 saturated heterocycles. The fraction of sp³-hybridized carbons (Fsp3) is 0.179. The van der Waals surface area contributed by atoms with Crippen molar-refractivity contribution in [3.05, 3.63) is 151 Å². The van der Waals surface area contributed by atoms with Crippen molar-refractivity contribution in [3.8, 4) is 5.75 Å². The third-order valence-electron chi connectivity index (χ3n) is 7.98. The van der Waals surface area contributed by atoms with Crippen LogP contribution in [0, 0.1) is 7.14 Å². The molecule has 0 amide bonds. The number of hydrogen-bond donors (Lipinski definition) is 0. The van der Waals surface area contributed by atoms with Crippen molar-refractivity contribution in [2.75, 3.05) is 19.5 Å². The predicted molar refractivity (Wildman–Crippen MR) is 218 cm³/mol. The molecule has 0 aliphatic carbocycles. The van der Waals surface area contributed by atoms with Crippen LogP contribution in [-0.4, -0.2) is 36.0 Å². The molecule has 2 heterocycles. The second-order valence-corrected chi connectivity index (χ2v) is 15.5. The van der Waals surface area contributed by atoms with Crippen molar-refractivity contribution in [2.24, 2.45) is 4.99 Å². The van der Waals surface area contributed by atoms with E-state index in [1.165, 1.54) is 11.3 Å². The molecular weight excluding hydrogens is 910 g/mol. The van der Waals surface area contributed by atoms with Gasteiger partial charge in [-0.2, -0.15) is 0 Å². The van der Waals surface area contributed by atoms with Gasteiger partial charge in [0.15, 0.2) is 4.80 Å². The topological polar surface area (TPSA) is 96.2 Å². The minimum Gasteiger partial charge on any atom is -0.487 e. The van der Waals surface area contributed by atoms with Crippen molar-refractivity contribution in [2.45, 2.75) is 31.4 Å². The zero-order valence-electron chi connectivity index (χ0n) is 27.9. The molecule has 0 saturated carbocycles. The number of ether oxygens (including phenoxy) is 3. The Morgan fingerprint density at radius 3 is 2.27 bits per heavy atom. The summed E-state index contributed by atoms with van der Waals surface area (Å²) >= 11 is 7.37. The quantitative estimate of drug-likeness (QED) is 0.0765. The maximum Gasteiger partial charge on any atom is 0.338 e. The number of rotatable bonds is 11. The number of hydrogen-bond acceptors (Lipinski definition) is 9. The molecule has 8 nitrogen and oxygen atoms in total. The highest BCUT2D eigenvalue weighted by Crippen LogP contribution is 2.36. The van der Waals surface area contributed by atoms with E-state index in [1.807, 2.05) is 91.2 Å². The molecular formula is C39H32I2N2O6S2. The highest BCUT2D eigenvalue weighted by molar-refractivity contribution is 14.1. The van der Waals surface area contributed by atoms with E-state index < -0.39 is 12.0 Å². The molecule has 1 aliphatic rings. The van der Waals surface area contributed by atoms with Gasteiger partial charge in [0, 0.05) is 19.6 Å². The summed E-state index contributed by atoms with van der Waals surface area (Å²) in [6.07, 6.45) is 3.83. The Balaban J connectivity index is 1.48. The number of nitrogens with zero attached hydrogens (tertiary/aromatic N) is 2. The van der Waals surface area contributed by atoms with E-state index in [0.29, 0.717) is 38.5 Å². The third-order valence-corrected chi connectivity index (χ3v) is 11.1. The first kappa shape index (κ1) is 37.0. The number of thiazole rings is 1. The van der Waals surface area contributed by atoms with Crippen molar-refractivity contribution >= 4 is 92.0 Å². The van der Waals surface area contributed by atoms with E-state index in [1.54, 1.807) is 42.3 Å². The number of halogens is 2. The number of esters is 2. The predicted octanol–water partition coefficient (Wildman–Crippen LogP) is 7.62. The second-order valence-electron chi connectivity index (χ2n) is 11.2. The van der Waals surface area contributed by atoms with E-state index in [2.05, 4.69) is 45.2 Å². The summed E-state index contributed by atoms with van der Waals surface area (Å²) in [6, 6.07) is 27.7. The number of aromatic nitrogens is 1. The van der Waals surface area contributed by atoms with Gasteiger partial charge in [-0.1, -0.05) is 65.9 Å². The number of carbonyl (C=O) groups is 2. The summed E-state index contributed by atoms with van der Waals surface area (Å²) in [5, 5.41) is 0. The van der Waals surface area contributed by atoms with Crippen LogP contribution >= 0.6 is 68.3 Å². The number of thioether (sulfide) groups is 1. The van der Waals surface area contributed by atoms with Gasteiger partial charge in [-0.3, -0.25) is 9.36 Å². The summed E-state index contributed by atoms with van der Waals surface area (Å²) in [5.41, 5.74) is 4.10. The third kappa shape index (κ3) is 8.18. The summed E-state index contributed by atoms with van der Waals surface area (Å²) in [4.78, 5) is 46.9. The molecule has 6 rings (SSSR count). The average Bonchev–Trinajstić information content (AvgIpc) is 3.45. The Kier molecular flexibility index (Phi) is 12.2. The van der Waals surface area contributed by atoms with Gasteiger partial charge < -0.3 is 14.2 Å². The molecule has 1 atom stereocenters. The van der Waals surface area contributed by atoms with Crippen LogP contribution in [0.4, 0.5) is 0 Å². The average molecular weight is 943 g/mol. The minimum atomic E-state index is -0.766. The molecule has 260 valence electrons. The molecule has 0 spiro atoms. The van der Waals surface area contributed by atoms with Crippen LogP contribution in [-0.2, 0) is 20.9 Å². The van der Waals surface area contributed by atoms with Gasteiger partial charge in [0.05, 0.1) is 44.2 Å². The molecule has 0 N–H and O–H groups in total. The fourth-order valence-corrected chi connectivity index (χ4v) is 9.08. The summed E-state index contributed by atoms with van der Waals surface area (Å²) in [5.74, 6) is -0.269. The molecule has 0 bridgehead atoms. The van der Waals surface area contributed by atoms with Crippen LogP contribution in [0.5, 0.6) is 5.75 Å². The van der Waals surface area contributed by atoms with Crippen LogP contribution < -0.4 is 19.6 Å².